The molecule has 7 heteroatoms. The Bertz CT molecular complexity index is 1270. The summed E-state index contributed by atoms with van der Waals surface area (Å²) < 4.78 is 27.4. The molecule has 0 aliphatic rings. The highest BCUT2D eigenvalue weighted by atomic mass is 32.1. The molecule has 0 saturated heterocycles. The first-order chi connectivity index (χ1) is 14.4. The Labute approximate surface area is 176 Å². The molecule has 0 saturated carbocycles. The fourth-order valence-electron chi connectivity index (χ4n) is 3.01. The number of nitrogens with zero attached hydrogens (tertiary/aromatic N) is 3. The normalized spacial score (nSPS) is 11.3. The SMILES string of the molecule is Cc1ccc(C(=O)N(/N=C/c2ccc(F)cc2)c2nc3ccc(F)cc3s2)c(C)c1. The summed E-state index contributed by atoms with van der Waals surface area (Å²) in [7, 11) is 0. The van der Waals surface area contributed by atoms with Crippen molar-refractivity contribution in [3.63, 3.8) is 0 Å². The van der Waals surface area contributed by atoms with Gasteiger partial charge >= 0.3 is 0 Å². The van der Waals surface area contributed by atoms with Crippen molar-refractivity contribution >= 4 is 38.8 Å². The Morgan fingerprint density at radius 1 is 1.00 bits per heavy atom. The van der Waals surface area contributed by atoms with E-state index < -0.39 is 0 Å². The number of thiazole rings is 1. The summed E-state index contributed by atoms with van der Waals surface area (Å²) in [5, 5.41) is 5.86. The summed E-state index contributed by atoms with van der Waals surface area (Å²) in [6, 6.07) is 15.5. The molecule has 0 unspecified atom stereocenters. The molecule has 0 radical (unpaired) electrons. The largest absolute Gasteiger partial charge is 0.281 e. The molecule has 4 rings (SSSR count). The summed E-state index contributed by atoms with van der Waals surface area (Å²) in [5.41, 5.74) is 3.55. The first kappa shape index (κ1) is 19.8. The highest BCUT2D eigenvalue weighted by Crippen LogP contribution is 2.31. The lowest BCUT2D eigenvalue weighted by Gasteiger charge is -2.15. The number of rotatable bonds is 4. The number of hydrazone groups is 1. The van der Waals surface area contributed by atoms with Crippen molar-refractivity contribution in [3.05, 3.63) is 94.6 Å². The van der Waals surface area contributed by atoms with Gasteiger partial charge in [-0.1, -0.05) is 41.2 Å². The van der Waals surface area contributed by atoms with Crippen molar-refractivity contribution in [2.24, 2.45) is 5.10 Å². The van der Waals surface area contributed by atoms with Crippen LogP contribution in [-0.2, 0) is 0 Å². The van der Waals surface area contributed by atoms with Crippen LogP contribution in [0.25, 0.3) is 10.2 Å². The van der Waals surface area contributed by atoms with E-state index in [1.165, 1.54) is 46.8 Å². The van der Waals surface area contributed by atoms with E-state index in [4.69, 9.17) is 0 Å². The molecule has 0 bridgehead atoms. The van der Waals surface area contributed by atoms with E-state index in [1.54, 1.807) is 24.3 Å². The molecule has 30 heavy (non-hydrogen) atoms. The van der Waals surface area contributed by atoms with E-state index in [2.05, 4.69) is 10.1 Å². The van der Waals surface area contributed by atoms with E-state index in [-0.39, 0.29) is 17.5 Å². The third-order valence-corrected chi connectivity index (χ3v) is 5.51. The fraction of sp³-hybridized carbons (Fsp3) is 0.0870. The number of hydrogen-bond acceptors (Lipinski definition) is 4. The Morgan fingerprint density at radius 2 is 1.73 bits per heavy atom. The third kappa shape index (κ3) is 4.11. The zero-order valence-corrected chi connectivity index (χ0v) is 17.1. The van der Waals surface area contributed by atoms with Crippen LogP contribution in [0.2, 0.25) is 0 Å². The minimum Gasteiger partial charge on any atom is -0.267 e. The van der Waals surface area contributed by atoms with Gasteiger partial charge in [-0.3, -0.25) is 4.79 Å². The molecule has 0 atom stereocenters. The second kappa shape index (κ2) is 8.12. The summed E-state index contributed by atoms with van der Waals surface area (Å²) in [5.74, 6) is -1.09. The quantitative estimate of drug-likeness (QED) is 0.305. The molecule has 0 fully saturated rings. The topological polar surface area (TPSA) is 45.6 Å². The number of aryl methyl sites for hydroxylation is 2. The lowest BCUT2D eigenvalue weighted by atomic mass is 10.1. The van der Waals surface area contributed by atoms with Crippen molar-refractivity contribution < 1.29 is 13.6 Å². The van der Waals surface area contributed by atoms with Crippen LogP contribution >= 0.6 is 11.3 Å². The number of halogens is 2. The molecule has 0 N–H and O–H groups in total. The second-order valence-electron chi connectivity index (χ2n) is 6.84. The number of amides is 1. The van der Waals surface area contributed by atoms with Crippen LogP contribution in [0.1, 0.15) is 27.0 Å². The van der Waals surface area contributed by atoms with Gasteiger partial charge in [0.25, 0.3) is 5.91 Å². The Hall–Kier alpha value is -3.45. The molecular formula is C23H17F2N3OS. The first-order valence-electron chi connectivity index (χ1n) is 9.18. The molecule has 1 aromatic heterocycles. The van der Waals surface area contributed by atoms with E-state index >= 15 is 0 Å². The molecule has 150 valence electrons. The standard InChI is InChI=1S/C23H17F2N3OS/c1-14-3-9-19(15(2)11-14)22(29)28(26-13-16-4-6-17(24)7-5-16)23-27-20-10-8-18(25)12-21(20)30-23/h3-13H,1-2H3/b26-13+. The summed E-state index contributed by atoms with van der Waals surface area (Å²) >= 11 is 1.17. The molecule has 3 aromatic carbocycles. The number of aromatic nitrogens is 1. The van der Waals surface area contributed by atoms with Crippen molar-refractivity contribution in [2.75, 3.05) is 5.01 Å². The van der Waals surface area contributed by atoms with Gasteiger partial charge in [0.05, 0.1) is 16.4 Å². The first-order valence-corrected chi connectivity index (χ1v) is 10.00. The van der Waals surface area contributed by atoms with E-state index in [9.17, 15) is 13.6 Å². The molecule has 0 spiro atoms. The predicted molar refractivity (Wildman–Crippen MR) is 116 cm³/mol. The van der Waals surface area contributed by atoms with Gasteiger partial charge in [-0.05, 0) is 61.4 Å². The summed E-state index contributed by atoms with van der Waals surface area (Å²) in [6.07, 6.45) is 1.47. The average Bonchev–Trinajstić information content (AvgIpc) is 3.12. The smallest absolute Gasteiger partial charge is 0.267 e. The molecule has 0 aliphatic carbocycles. The summed E-state index contributed by atoms with van der Waals surface area (Å²) in [4.78, 5) is 17.8. The highest BCUT2D eigenvalue weighted by molar-refractivity contribution is 7.22. The van der Waals surface area contributed by atoms with E-state index in [0.29, 0.717) is 26.5 Å². The zero-order valence-electron chi connectivity index (χ0n) is 16.3. The molecule has 1 heterocycles. The predicted octanol–water partition coefficient (Wildman–Crippen LogP) is 5.87. The highest BCUT2D eigenvalue weighted by Gasteiger charge is 2.22. The van der Waals surface area contributed by atoms with Crippen molar-refractivity contribution in [2.45, 2.75) is 13.8 Å². The molecule has 4 nitrogen and oxygen atoms in total. The van der Waals surface area contributed by atoms with E-state index in [0.717, 1.165) is 11.1 Å². The number of carbonyl (C=O) groups is 1. The second-order valence-corrected chi connectivity index (χ2v) is 7.85. The maximum absolute atomic E-state index is 13.6. The van der Waals surface area contributed by atoms with Crippen LogP contribution < -0.4 is 5.01 Å². The number of benzene rings is 3. The lowest BCUT2D eigenvalue weighted by Crippen LogP contribution is -2.26. The van der Waals surface area contributed by atoms with E-state index in [1.807, 2.05) is 26.0 Å². The Morgan fingerprint density at radius 3 is 2.47 bits per heavy atom. The van der Waals surface area contributed by atoms with Crippen LogP contribution in [0.3, 0.4) is 0 Å². The maximum atomic E-state index is 13.6. The van der Waals surface area contributed by atoms with Crippen LogP contribution in [-0.4, -0.2) is 17.1 Å². The van der Waals surface area contributed by atoms with Gasteiger partial charge in [0.1, 0.15) is 11.6 Å². The number of fused-ring (bicyclic) bond motifs is 1. The van der Waals surface area contributed by atoms with Gasteiger partial charge in [-0.15, -0.1) is 0 Å². The number of carbonyl (C=O) groups excluding carboxylic acids is 1. The Kier molecular flexibility index (Phi) is 5.37. The van der Waals surface area contributed by atoms with Gasteiger partial charge in [0.2, 0.25) is 5.13 Å². The zero-order chi connectivity index (χ0) is 21.3. The number of anilines is 1. The van der Waals surface area contributed by atoms with Gasteiger partial charge in [0.15, 0.2) is 0 Å². The van der Waals surface area contributed by atoms with Gasteiger partial charge in [-0.25, -0.2) is 13.8 Å². The van der Waals surface area contributed by atoms with Crippen molar-refractivity contribution in [1.82, 2.24) is 4.98 Å². The van der Waals surface area contributed by atoms with Crippen LogP contribution in [0.5, 0.6) is 0 Å². The van der Waals surface area contributed by atoms with Gasteiger partial charge in [-0.2, -0.15) is 10.1 Å². The van der Waals surface area contributed by atoms with Crippen molar-refractivity contribution in [3.8, 4) is 0 Å². The van der Waals surface area contributed by atoms with Crippen LogP contribution in [0, 0.1) is 25.5 Å². The fourth-order valence-corrected chi connectivity index (χ4v) is 3.95. The van der Waals surface area contributed by atoms with Crippen molar-refractivity contribution in [1.29, 1.82) is 0 Å². The molecule has 1 amide bonds. The lowest BCUT2D eigenvalue weighted by molar-refractivity contribution is 0.0987. The Balaban J connectivity index is 1.78. The molecule has 0 aliphatic heterocycles. The third-order valence-electron chi connectivity index (χ3n) is 4.52. The summed E-state index contributed by atoms with van der Waals surface area (Å²) in [6.45, 7) is 3.81. The van der Waals surface area contributed by atoms with Crippen LogP contribution in [0.4, 0.5) is 13.9 Å². The minimum absolute atomic E-state index is 0.318. The monoisotopic (exact) mass is 421 g/mol. The van der Waals surface area contributed by atoms with Gasteiger partial charge < -0.3 is 0 Å². The van der Waals surface area contributed by atoms with Crippen LogP contribution in [0.15, 0.2) is 65.8 Å². The maximum Gasteiger partial charge on any atom is 0.281 e. The molecular weight excluding hydrogens is 404 g/mol. The number of hydrogen-bond donors (Lipinski definition) is 0. The van der Waals surface area contributed by atoms with Gasteiger partial charge in [0, 0.05) is 5.56 Å². The molecule has 4 aromatic rings. The minimum atomic E-state index is -0.375. The average molecular weight is 421 g/mol.